The Bertz CT molecular complexity index is 1030. The van der Waals surface area contributed by atoms with E-state index in [0.717, 1.165) is 0 Å². The molecule has 216 valence electrons. The summed E-state index contributed by atoms with van der Waals surface area (Å²) in [6.45, 7) is 2.99. The van der Waals surface area contributed by atoms with Gasteiger partial charge >= 0.3 is 5.97 Å². The molecule has 15 heteroatoms. The third kappa shape index (κ3) is 11.4. The van der Waals surface area contributed by atoms with Gasteiger partial charge in [-0.05, 0) is 30.5 Å². The highest BCUT2D eigenvalue weighted by Gasteiger charge is 2.28. The lowest BCUT2D eigenvalue weighted by molar-refractivity contribution is -0.142. The summed E-state index contributed by atoms with van der Waals surface area (Å²) < 4.78 is 0. The van der Waals surface area contributed by atoms with Crippen molar-refractivity contribution >= 4 is 35.5 Å². The molecule has 0 aliphatic heterocycles. The molecular weight excluding hydrogens is 516 g/mol. The minimum Gasteiger partial charge on any atom is -0.508 e. The Balaban J connectivity index is 2.65. The molecule has 0 aromatic heterocycles. The molecule has 0 aliphatic rings. The Morgan fingerprint density at radius 1 is 0.821 bits per heavy atom. The van der Waals surface area contributed by atoms with Gasteiger partial charge < -0.3 is 47.6 Å². The van der Waals surface area contributed by atoms with Crippen LogP contribution in [0.25, 0.3) is 0 Å². The van der Waals surface area contributed by atoms with Crippen molar-refractivity contribution < 1.29 is 44.1 Å². The number of aromatic hydroxyl groups is 1. The number of aliphatic hydroxyl groups excluding tert-OH is 1. The fraction of sp³-hybridized carbons (Fsp3) is 0.500. The van der Waals surface area contributed by atoms with E-state index >= 15 is 0 Å². The minimum atomic E-state index is -1.52. The summed E-state index contributed by atoms with van der Waals surface area (Å²) in [6.07, 6.45) is -0.126. The normalized spacial score (nSPS) is 13.8. The number of aliphatic hydroxyl groups is 1. The van der Waals surface area contributed by atoms with E-state index in [1.165, 1.54) is 31.2 Å². The molecule has 0 saturated carbocycles. The molecule has 10 N–H and O–H groups in total. The van der Waals surface area contributed by atoms with Crippen molar-refractivity contribution in [2.75, 3.05) is 19.7 Å². The van der Waals surface area contributed by atoms with Crippen molar-refractivity contribution in [3.05, 3.63) is 29.8 Å². The number of benzene rings is 1. The van der Waals surface area contributed by atoms with Crippen LogP contribution in [-0.4, -0.2) is 94.7 Å². The number of nitrogens with one attached hydrogen (secondary N) is 5. The average molecular weight is 553 g/mol. The SMILES string of the molecule is CC(C)[C@H](NC(=O)CN)C(=O)NCC(=O)N[C@@H](C)C(=O)N[C@@H](CO)C(=O)N[C@@H](Cc1ccc(O)cc1)C(=O)O. The van der Waals surface area contributed by atoms with Gasteiger partial charge in [0.25, 0.3) is 0 Å². The molecule has 0 spiro atoms. The first kappa shape index (κ1) is 32.8. The topological polar surface area (TPSA) is 249 Å². The Labute approximate surface area is 224 Å². The quantitative estimate of drug-likeness (QED) is 0.105. The van der Waals surface area contributed by atoms with Crippen LogP contribution in [0.15, 0.2) is 24.3 Å². The Hall–Kier alpha value is -4.24. The van der Waals surface area contributed by atoms with Gasteiger partial charge in [-0.25, -0.2) is 4.79 Å². The molecular formula is C24H36N6O9. The molecule has 5 amide bonds. The number of carbonyl (C=O) groups excluding carboxylic acids is 5. The van der Waals surface area contributed by atoms with E-state index in [0.29, 0.717) is 5.56 Å². The molecule has 15 nitrogen and oxygen atoms in total. The van der Waals surface area contributed by atoms with E-state index in [4.69, 9.17) is 5.73 Å². The van der Waals surface area contributed by atoms with Crippen LogP contribution in [0, 0.1) is 5.92 Å². The van der Waals surface area contributed by atoms with Crippen LogP contribution >= 0.6 is 0 Å². The Morgan fingerprint density at radius 3 is 1.92 bits per heavy atom. The van der Waals surface area contributed by atoms with E-state index in [2.05, 4.69) is 26.6 Å². The van der Waals surface area contributed by atoms with Crippen molar-refractivity contribution in [3.63, 3.8) is 0 Å². The van der Waals surface area contributed by atoms with Crippen LogP contribution in [-0.2, 0) is 35.2 Å². The van der Waals surface area contributed by atoms with E-state index < -0.39 is 72.8 Å². The molecule has 1 rings (SSSR count). The molecule has 0 bridgehead atoms. The van der Waals surface area contributed by atoms with E-state index in [-0.39, 0.29) is 24.6 Å². The van der Waals surface area contributed by atoms with Crippen molar-refractivity contribution in [2.24, 2.45) is 11.7 Å². The van der Waals surface area contributed by atoms with E-state index in [9.17, 15) is 44.1 Å². The number of carboxylic acid groups (broad SMARTS) is 1. The standard InChI is InChI=1S/C24H36N6O9/c1-12(2)20(30-18(33)9-25)23(37)26-10-19(34)27-13(3)21(35)29-17(11-31)22(36)28-16(24(38)39)8-14-4-6-15(32)7-5-14/h4-7,12-13,16-17,20,31-32H,8-11,25H2,1-3H3,(H,26,37)(H,27,34)(H,28,36)(H,29,35)(H,30,33)(H,38,39)/t13-,16-,17-,20-/m0/s1. The van der Waals surface area contributed by atoms with Gasteiger partial charge in [-0.1, -0.05) is 26.0 Å². The zero-order valence-electron chi connectivity index (χ0n) is 21.9. The largest absolute Gasteiger partial charge is 0.508 e. The first-order chi connectivity index (χ1) is 18.3. The monoisotopic (exact) mass is 552 g/mol. The fourth-order valence-corrected chi connectivity index (χ4v) is 3.23. The summed E-state index contributed by atoms with van der Waals surface area (Å²) in [6, 6.07) is 0.647. The van der Waals surface area contributed by atoms with Crippen LogP contribution in [0.2, 0.25) is 0 Å². The lowest BCUT2D eigenvalue weighted by atomic mass is 10.0. The summed E-state index contributed by atoms with van der Waals surface area (Å²) in [5, 5.41) is 40.0. The molecule has 1 aromatic carbocycles. The number of amides is 5. The molecule has 4 atom stereocenters. The number of hydrogen-bond acceptors (Lipinski definition) is 9. The maximum absolute atomic E-state index is 12.5. The lowest BCUT2D eigenvalue weighted by Crippen LogP contribution is -2.57. The van der Waals surface area contributed by atoms with Gasteiger partial charge in [-0.2, -0.15) is 0 Å². The predicted octanol–water partition coefficient (Wildman–Crippen LogP) is -3.30. The summed E-state index contributed by atoms with van der Waals surface area (Å²) in [5.74, 6) is -5.42. The predicted molar refractivity (Wildman–Crippen MR) is 137 cm³/mol. The van der Waals surface area contributed by atoms with Crippen molar-refractivity contribution in [1.29, 1.82) is 0 Å². The molecule has 0 unspecified atom stereocenters. The highest BCUT2D eigenvalue weighted by atomic mass is 16.4. The maximum atomic E-state index is 12.5. The van der Waals surface area contributed by atoms with Crippen LogP contribution in [0.1, 0.15) is 26.3 Å². The lowest BCUT2D eigenvalue weighted by Gasteiger charge is -2.23. The summed E-state index contributed by atoms with van der Waals surface area (Å²) in [4.78, 5) is 72.7. The molecule has 0 saturated heterocycles. The van der Waals surface area contributed by atoms with Gasteiger partial charge in [0.2, 0.25) is 29.5 Å². The molecule has 0 radical (unpaired) electrons. The van der Waals surface area contributed by atoms with E-state index in [1.807, 2.05) is 0 Å². The number of phenols is 1. The zero-order chi connectivity index (χ0) is 29.7. The fourth-order valence-electron chi connectivity index (χ4n) is 3.23. The van der Waals surface area contributed by atoms with Crippen LogP contribution in [0.3, 0.4) is 0 Å². The molecule has 39 heavy (non-hydrogen) atoms. The summed E-state index contributed by atoms with van der Waals surface area (Å²) in [7, 11) is 0. The maximum Gasteiger partial charge on any atom is 0.326 e. The first-order valence-corrected chi connectivity index (χ1v) is 12.1. The van der Waals surface area contributed by atoms with Gasteiger partial charge in [-0.3, -0.25) is 24.0 Å². The number of nitrogens with two attached hydrogens (primary N) is 1. The van der Waals surface area contributed by atoms with Crippen LogP contribution in [0.4, 0.5) is 0 Å². The number of phenolic OH excluding ortho intramolecular Hbond substituents is 1. The van der Waals surface area contributed by atoms with Crippen molar-refractivity contribution in [3.8, 4) is 5.75 Å². The van der Waals surface area contributed by atoms with E-state index in [1.54, 1.807) is 13.8 Å². The summed E-state index contributed by atoms with van der Waals surface area (Å²) >= 11 is 0. The van der Waals surface area contributed by atoms with Crippen molar-refractivity contribution in [2.45, 2.75) is 51.4 Å². The van der Waals surface area contributed by atoms with Gasteiger partial charge in [0.1, 0.15) is 29.9 Å². The molecule has 0 fully saturated rings. The number of carbonyl (C=O) groups is 6. The third-order valence-corrected chi connectivity index (χ3v) is 5.45. The van der Waals surface area contributed by atoms with Crippen molar-refractivity contribution in [1.82, 2.24) is 26.6 Å². The van der Waals surface area contributed by atoms with Crippen LogP contribution in [0.5, 0.6) is 5.75 Å². The second kappa shape index (κ2) is 15.9. The van der Waals surface area contributed by atoms with Gasteiger partial charge in [0, 0.05) is 6.42 Å². The number of rotatable bonds is 15. The third-order valence-electron chi connectivity index (χ3n) is 5.45. The van der Waals surface area contributed by atoms with Gasteiger partial charge in [-0.15, -0.1) is 0 Å². The number of carboxylic acids is 1. The Morgan fingerprint density at radius 2 is 1.41 bits per heavy atom. The highest BCUT2D eigenvalue weighted by molar-refractivity contribution is 5.95. The minimum absolute atomic E-state index is 0.0166. The summed E-state index contributed by atoms with van der Waals surface area (Å²) in [5.41, 5.74) is 5.75. The molecule has 0 heterocycles. The second-order valence-corrected chi connectivity index (χ2v) is 9.01. The average Bonchev–Trinajstić information content (AvgIpc) is 2.88. The first-order valence-electron chi connectivity index (χ1n) is 12.1. The Kier molecular flexibility index (Phi) is 13.4. The second-order valence-electron chi connectivity index (χ2n) is 9.01. The van der Waals surface area contributed by atoms with Gasteiger partial charge in [0.15, 0.2) is 0 Å². The molecule has 1 aromatic rings. The number of hydrogen-bond donors (Lipinski definition) is 9. The molecule has 0 aliphatic carbocycles. The smallest absolute Gasteiger partial charge is 0.326 e. The highest BCUT2D eigenvalue weighted by Crippen LogP contribution is 2.11. The number of aliphatic carboxylic acids is 1. The van der Waals surface area contributed by atoms with Crippen LogP contribution < -0.4 is 32.3 Å². The zero-order valence-corrected chi connectivity index (χ0v) is 21.9. The van der Waals surface area contributed by atoms with Gasteiger partial charge in [0.05, 0.1) is 19.7 Å².